The highest BCUT2D eigenvalue weighted by atomic mass is 79.9. The van der Waals surface area contributed by atoms with E-state index in [1.54, 1.807) is 6.07 Å². The zero-order valence-corrected chi connectivity index (χ0v) is 15.7. The Morgan fingerprint density at radius 1 is 1.44 bits per heavy atom. The van der Waals surface area contributed by atoms with Crippen molar-refractivity contribution in [3.8, 4) is 0 Å². The van der Waals surface area contributed by atoms with Crippen molar-refractivity contribution in [3.05, 3.63) is 56.8 Å². The van der Waals surface area contributed by atoms with Crippen molar-refractivity contribution in [2.75, 3.05) is 5.73 Å². The lowest BCUT2D eigenvalue weighted by atomic mass is 10.1. The van der Waals surface area contributed by atoms with Gasteiger partial charge in [0, 0.05) is 10.9 Å². The van der Waals surface area contributed by atoms with Gasteiger partial charge in [-0.2, -0.15) is 0 Å². The predicted octanol–water partition coefficient (Wildman–Crippen LogP) is 4.27. The van der Waals surface area contributed by atoms with Crippen LogP contribution in [0, 0.1) is 0 Å². The molecular formula is C17H15BrClN3O3. The van der Waals surface area contributed by atoms with Gasteiger partial charge in [0.05, 0.1) is 22.1 Å². The minimum Gasteiger partial charge on any atom is -0.456 e. The maximum Gasteiger partial charge on any atom is 0.358 e. The van der Waals surface area contributed by atoms with E-state index in [9.17, 15) is 4.79 Å². The summed E-state index contributed by atoms with van der Waals surface area (Å²) in [6.07, 6.45) is 0.208. The van der Waals surface area contributed by atoms with Gasteiger partial charge in [0.2, 0.25) is 0 Å². The van der Waals surface area contributed by atoms with E-state index < -0.39 is 5.97 Å². The number of carbonyl (C=O) groups is 1. The highest BCUT2D eigenvalue weighted by Gasteiger charge is 2.26. The number of nitrogens with zero attached hydrogens (tertiary/aromatic N) is 2. The van der Waals surface area contributed by atoms with Crippen LogP contribution < -0.4 is 5.73 Å². The van der Waals surface area contributed by atoms with Crippen molar-refractivity contribution in [1.82, 2.24) is 4.98 Å². The number of aromatic nitrogens is 1. The van der Waals surface area contributed by atoms with Crippen molar-refractivity contribution in [2.45, 2.75) is 26.1 Å². The normalized spacial score (nSPS) is 16.3. The first-order chi connectivity index (χ1) is 11.9. The molecule has 0 saturated carbocycles. The standard InChI is InChI=1S/C17H15BrClN3O3/c1-9-6-14(25-22-9)13-7-12(20)15(19)16(21-13)17(23)24-8-10-2-4-11(18)5-3-10/h2-5,7,14H,6,8H2,1H3,(H2,20,21). The first-order valence-electron chi connectivity index (χ1n) is 7.51. The van der Waals surface area contributed by atoms with Gasteiger partial charge in [-0.05, 0) is 30.7 Å². The molecule has 0 amide bonds. The van der Waals surface area contributed by atoms with Gasteiger partial charge in [-0.25, -0.2) is 9.78 Å². The summed E-state index contributed by atoms with van der Waals surface area (Å²) in [5.41, 5.74) is 8.32. The molecule has 25 heavy (non-hydrogen) atoms. The summed E-state index contributed by atoms with van der Waals surface area (Å²) >= 11 is 9.49. The Labute approximate surface area is 158 Å². The topological polar surface area (TPSA) is 86.8 Å². The molecule has 2 heterocycles. The fourth-order valence-electron chi connectivity index (χ4n) is 2.32. The quantitative estimate of drug-likeness (QED) is 0.741. The van der Waals surface area contributed by atoms with Crippen LogP contribution in [0.15, 0.2) is 40.0 Å². The smallest absolute Gasteiger partial charge is 0.358 e. The molecule has 1 unspecified atom stereocenters. The van der Waals surface area contributed by atoms with E-state index in [1.807, 2.05) is 31.2 Å². The Morgan fingerprint density at radius 2 is 2.16 bits per heavy atom. The summed E-state index contributed by atoms with van der Waals surface area (Å²) in [4.78, 5) is 22.0. The number of esters is 1. The van der Waals surface area contributed by atoms with E-state index in [4.69, 9.17) is 26.9 Å². The number of benzene rings is 1. The molecule has 2 N–H and O–H groups in total. The van der Waals surface area contributed by atoms with E-state index in [0.29, 0.717) is 12.1 Å². The van der Waals surface area contributed by atoms with Crippen molar-refractivity contribution in [1.29, 1.82) is 0 Å². The second-order valence-electron chi connectivity index (χ2n) is 5.63. The molecule has 0 spiro atoms. The third-order valence-corrected chi connectivity index (χ3v) is 4.55. The number of ether oxygens (including phenoxy) is 1. The Morgan fingerprint density at radius 3 is 2.80 bits per heavy atom. The van der Waals surface area contributed by atoms with E-state index >= 15 is 0 Å². The molecule has 0 fully saturated rings. The minimum atomic E-state index is -0.642. The van der Waals surface area contributed by atoms with E-state index in [-0.39, 0.29) is 29.1 Å². The van der Waals surface area contributed by atoms with Crippen LogP contribution in [0.25, 0.3) is 0 Å². The molecule has 1 atom stereocenters. The zero-order valence-electron chi connectivity index (χ0n) is 13.3. The number of anilines is 1. The second kappa shape index (κ2) is 7.41. The number of rotatable bonds is 4. The maximum absolute atomic E-state index is 12.4. The number of halogens is 2. The number of pyridine rings is 1. The van der Waals surface area contributed by atoms with Gasteiger partial charge >= 0.3 is 5.97 Å². The lowest BCUT2D eigenvalue weighted by Gasteiger charge is -2.12. The zero-order chi connectivity index (χ0) is 18.0. The Kier molecular flexibility index (Phi) is 5.24. The van der Waals surface area contributed by atoms with Crippen LogP contribution in [0.5, 0.6) is 0 Å². The van der Waals surface area contributed by atoms with Gasteiger partial charge in [0.15, 0.2) is 11.8 Å². The molecule has 3 rings (SSSR count). The Hall–Kier alpha value is -2.12. The van der Waals surface area contributed by atoms with E-state index in [1.165, 1.54) is 0 Å². The highest BCUT2D eigenvalue weighted by Crippen LogP contribution is 2.31. The number of hydrogen-bond donors (Lipinski definition) is 1. The maximum atomic E-state index is 12.4. The summed E-state index contributed by atoms with van der Waals surface area (Å²) in [5, 5.41) is 3.96. The number of hydrogen-bond acceptors (Lipinski definition) is 6. The van der Waals surface area contributed by atoms with Crippen molar-refractivity contribution in [2.24, 2.45) is 5.16 Å². The molecule has 6 nitrogen and oxygen atoms in total. The minimum absolute atomic E-state index is 0.0260. The van der Waals surface area contributed by atoms with Crippen molar-refractivity contribution >= 4 is 44.9 Å². The van der Waals surface area contributed by atoms with Crippen LogP contribution in [0.2, 0.25) is 5.02 Å². The van der Waals surface area contributed by atoms with Crippen LogP contribution in [-0.4, -0.2) is 16.7 Å². The highest BCUT2D eigenvalue weighted by molar-refractivity contribution is 9.10. The molecule has 1 aromatic carbocycles. The van der Waals surface area contributed by atoms with Crippen molar-refractivity contribution < 1.29 is 14.4 Å². The van der Waals surface area contributed by atoms with Gasteiger partial charge in [0.1, 0.15) is 6.61 Å². The molecule has 2 aromatic rings. The largest absolute Gasteiger partial charge is 0.456 e. The molecule has 0 saturated heterocycles. The monoisotopic (exact) mass is 423 g/mol. The molecule has 1 aromatic heterocycles. The first-order valence-corrected chi connectivity index (χ1v) is 8.68. The van der Waals surface area contributed by atoms with Crippen LogP contribution in [0.3, 0.4) is 0 Å². The van der Waals surface area contributed by atoms with Gasteiger partial charge < -0.3 is 15.3 Å². The molecule has 8 heteroatoms. The van der Waals surface area contributed by atoms with E-state index in [2.05, 4.69) is 26.1 Å². The van der Waals surface area contributed by atoms with E-state index in [0.717, 1.165) is 15.7 Å². The fraction of sp³-hybridized carbons (Fsp3) is 0.235. The summed E-state index contributed by atoms with van der Waals surface area (Å²) in [6.45, 7) is 1.96. The van der Waals surface area contributed by atoms with Crippen LogP contribution in [-0.2, 0) is 16.2 Å². The van der Waals surface area contributed by atoms with Gasteiger partial charge in [0.25, 0.3) is 0 Å². The molecule has 0 aliphatic carbocycles. The van der Waals surface area contributed by atoms with Gasteiger partial charge in [-0.3, -0.25) is 0 Å². The second-order valence-corrected chi connectivity index (χ2v) is 6.92. The predicted molar refractivity (Wildman–Crippen MR) is 98.5 cm³/mol. The first kappa shape index (κ1) is 17.7. The third-order valence-electron chi connectivity index (χ3n) is 3.63. The third kappa shape index (κ3) is 4.11. The average molecular weight is 425 g/mol. The summed E-state index contributed by atoms with van der Waals surface area (Å²) in [6, 6.07) is 9.03. The lowest BCUT2D eigenvalue weighted by Crippen LogP contribution is -2.13. The molecule has 0 radical (unpaired) electrons. The summed E-state index contributed by atoms with van der Waals surface area (Å²) < 4.78 is 6.25. The molecule has 1 aliphatic heterocycles. The number of nitrogen functional groups attached to an aromatic ring is 1. The number of nitrogens with two attached hydrogens (primary N) is 1. The van der Waals surface area contributed by atoms with Crippen LogP contribution in [0.4, 0.5) is 5.69 Å². The van der Waals surface area contributed by atoms with Gasteiger partial charge in [-0.15, -0.1) is 0 Å². The van der Waals surface area contributed by atoms with Crippen LogP contribution >= 0.6 is 27.5 Å². The summed E-state index contributed by atoms with van der Waals surface area (Å²) in [5.74, 6) is -0.642. The number of carbonyl (C=O) groups excluding carboxylic acids is 1. The lowest BCUT2D eigenvalue weighted by molar-refractivity contribution is 0.0462. The van der Waals surface area contributed by atoms with Gasteiger partial charge in [-0.1, -0.05) is 44.8 Å². The number of oxime groups is 1. The molecule has 0 bridgehead atoms. The SMILES string of the molecule is CC1=NOC(c2cc(N)c(Cl)c(C(=O)OCc3ccc(Br)cc3)n2)C1. The molecule has 130 valence electrons. The Bertz CT molecular complexity index is 840. The summed E-state index contributed by atoms with van der Waals surface area (Å²) in [7, 11) is 0. The average Bonchev–Trinajstić information content (AvgIpc) is 3.03. The molecular weight excluding hydrogens is 410 g/mol. The fourth-order valence-corrected chi connectivity index (χ4v) is 2.76. The van der Waals surface area contributed by atoms with Crippen LogP contribution in [0.1, 0.15) is 41.2 Å². The molecule has 1 aliphatic rings. The van der Waals surface area contributed by atoms with Crippen molar-refractivity contribution in [3.63, 3.8) is 0 Å². The Balaban J connectivity index is 1.77.